The van der Waals surface area contributed by atoms with Gasteiger partial charge in [-0.3, -0.25) is 13.9 Å². The van der Waals surface area contributed by atoms with Crippen molar-refractivity contribution in [3.8, 4) is 5.75 Å². The summed E-state index contributed by atoms with van der Waals surface area (Å²) in [6, 6.07) is 7.33. The van der Waals surface area contributed by atoms with Gasteiger partial charge in [0.05, 0.1) is 12.7 Å². The molecule has 1 aliphatic heterocycles. The monoisotopic (exact) mass is 553 g/mol. The van der Waals surface area contributed by atoms with Gasteiger partial charge < -0.3 is 19.1 Å². The van der Waals surface area contributed by atoms with Crippen molar-refractivity contribution in [2.75, 3.05) is 6.61 Å². The maximum Gasteiger partial charge on any atom is 0.459 e. The zero-order valence-electron chi connectivity index (χ0n) is 20.7. The van der Waals surface area contributed by atoms with Gasteiger partial charge in [-0.1, -0.05) is 18.2 Å². The topological polar surface area (TPSA) is 147 Å². The molecule has 37 heavy (non-hydrogen) atoms. The molecule has 3 heterocycles. The lowest BCUT2D eigenvalue weighted by molar-refractivity contribution is -0.149. The Bertz CT molecular complexity index is 1280. The fourth-order valence-electron chi connectivity index (χ4n) is 3.79. The third-order valence-corrected chi connectivity index (χ3v) is 7.61. The second-order valence-electron chi connectivity index (χ2n) is 8.77. The Labute approximate surface area is 218 Å². The minimum absolute atomic E-state index is 0.253. The molecule has 0 spiro atoms. The molecule has 12 nitrogen and oxygen atoms in total. The molecule has 1 aliphatic rings. The number of esters is 1. The first-order chi connectivity index (χ1) is 17.6. The third kappa shape index (κ3) is 6.28. The van der Waals surface area contributed by atoms with Crippen LogP contribution in [0.3, 0.4) is 0 Å². The Balaban J connectivity index is 1.51. The maximum absolute atomic E-state index is 13.7. The van der Waals surface area contributed by atoms with E-state index in [1.165, 1.54) is 19.3 Å². The van der Waals surface area contributed by atoms with E-state index < -0.39 is 43.6 Å². The third-order valence-electron chi connectivity index (χ3n) is 5.49. The lowest BCUT2D eigenvalue weighted by Crippen LogP contribution is -2.37. The van der Waals surface area contributed by atoms with E-state index in [1.807, 2.05) is 0 Å². The van der Waals surface area contributed by atoms with Crippen molar-refractivity contribution < 1.29 is 33.0 Å². The van der Waals surface area contributed by atoms with E-state index in [-0.39, 0.29) is 18.5 Å². The molecule has 0 bridgehead atoms. The van der Waals surface area contributed by atoms with Crippen molar-refractivity contribution >= 4 is 36.6 Å². The van der Waals surface area contributed by atoms with Crippen molar-refractivity contribution in [1.82, 2.24) is 24.6 Å². The summed E-state index contributed by atoms with van der Waals surface area (Å²) in [5.41, 5.74) is 0.857. The van der Waals surface area contributed by atoms with Crippen LogP contribution in [0.1, 0.15) is 32.8 Å². The van der Waals surface area contributed by atoms with E-state index in [1.54, 1.807) is 55.7 Å². The lowest BCUT2D eigenvalue weighted by atomic mass is 10.2. The first kappa shape index (κ1) is 27.4. The number of aryl methyl sites for hydroxylation is 1. The number of aromatic nitrogens is 4. The van der Waals surface area contributed by atoms with Crippen molar-refractivity contribution in [3.63, 3.8) is 0 Å². The molecule has 14 heteroatoms. The van der Waals surface area contributed by atoms with Crippen LogP contribution in [-0.4, -0.2) is 66.9 Å². The number of hydrogen-bond donors (Lipinski definition) is 2. The molecule has 0 saturated carbocycles. The van der Waals surface area contributed by atoms with Gasteiger partial charge in [-0.05, 0) is 39.8 Å². The summed E-state index contributed by atoms with van der Waals surface area (Å²) in [4.78, 5) is 25.2. The van der Waals surface area contributed by atoms with Crippen LogP contribution in [0.2, 0.25) is 0 Å². The average molecular weight is 554 g/mol. The van der Waals surface area contributed by atoms with E-state index in [9.17, 15) is 14.5 Å². The predicted octanol–water partition coefficient (Wildman–Crippen LogP) is 3.13. The fraction of sp³-hybridized carbons (Fsp3) is 0.478. The molecule has 4 rings (SSSR count). The smallest absolute Gasteiger partial charge is 0.459 e. The van der Waals surface area contributed by atoms with Gasteiger partial charge in [0.15, 0.2) is 17.5 Å². The summed E-state index contributed by atoms with van der Waals surface area (Å²) >= 11 is 6.54. The predicted molar refractivity (Wildman–Crippen MR) is 134 cm³/mol. The normalized spacial score (nSPS) is 24.2. The number of halogens is 1. The van der Waals surface area contributed by atoms with Crippen LogP contribution < -0.4 is 9.61 Å². The van der Waals surface area contributed by atoms with Gasteiger partial charge in [-0.2, -0.15) is 5.09 Å². The van der Waals surface area contributed by atoms with Gasteiger partial charge in [0.1, 0.15) is 35.2 Å². The van der Waals surface area contributed by atoms with Crippen LogP contribution >= 0.6 is 19.3 Å². The molecule has 1 saturated heterocycles. The number of ether oxygens (including phenoxy) is 2. The summed E-state index contributed by atoms with van der Waals surface area (Å²) < 4.78 is 37.8. The first-order valence-corrected chi connectivity index (χ1v) is 13.7. The second-order valence-corrected chi connectivity index (χ2v) is 11.0. The van der Waals surface area contributed by atoms with Crippen molar-refractivity contribution in [2.45, 2.75) is 63.7 Å². The summed E-state index contributed by atoms with van der Waals surface area (Å²) in [5, 5.41) is 12.5. The molecule has 6 atom stereocenters. The van der Waals surface area contributed by atoms with Crippen molar-refractivity contribution in [3.05, 3.63) is 48.5 Å². The Kier molecular flexibility index (Phi) is 8.47. The Hall–Kier alpha value is -2.60. The molecule has 2 aromatic heterocycles. The van der Waals surface area contributed by atoms with Gasteiger partial charge in [0.25, 0.3) is 0 Å². The summed E-state index contributed by atoms with van der Waals surface area (Å²) in [7, 11) is -4.15. The number of para-hydroxylation sites is 1. The molecule has 3 aromatic rings. The number of nitrogens with one attached hydrogen (secondary N) is 1. The van der Waals surface area contributed by atoms with E-state index in [2.05, 4.69) is 20.0 Å². The van der Waals surface area contributed by atoms with Crippen LogP contribution in [0.5, 0.6) is 5.75 Å². The number of rotatable bonds is 10. The number of fused-ring (bicyclic) bond motifs is 1. The standard InChI is InChI=1S/C23H29ClN5O7P/c1-13(2)34-23(31)14(3)28-37(32,36-16-8-6-5-7-9-16)33-12-17-19(30)18(24)22(35-17)29-15(4)27-20-21(29)26-11-10-25-20/h5-11,13-14,17-19,22,30H,12H2,1-4H3,(H,28,32)/t14?,17-,18+,19-,22-,37-/m1/s1. The van der Waals surface area contributed by atoms with Crippen LogP contribution in [0.4, 0.5) is 0 Å². The molecule has 1 unspecified atom stereocenters. The minimum Gasteiger partial charge on any atom is -0.462 e. The Morgan fingerprint density at radius 2 is 1.95 bits per heavy atom. The molecular weight excluding hydrogens is 525 g/mol. The maximum atomic E-state index is 13.7. The SMILES string of the molecule is Cc1nc2nccnc2n1[C@@H]1O[C@H](CO[P@](=O)(NC(C)C(=O)OC(C)C)Oc2ccccc2)[C@@H](O)[C@@H]1Cl. The number of carbonyl (C=O) groups is 1. The van der Waals surface area contributed by atoms with Crippen molar-refractivity contribution in [2.24, 2.45) is 0 Å². The molecule has 0 radical (unpaired) electrons. The number of nitrogens with zero attached hydrogens (tertiary/aromatic N) is 4. The van der Waals surface area contributed by atoms with E-state index >= 15 is 0 Å². The molecule has 0 aliphatic carbocycles. The molecular formula is C23H29ClN5O7P. The summed E-state index contributed by atoms with van der Waals surface area (Å²) in [5.74, 6) is 0.169. The highest BCUT2D eigenvalue weighted by Crippen LogP contribution is 2.46. The van der Waals surface area contributed by atoms with Gasteiger partial charge >= 0.3 is 13.7 Å². The molecule has 1 fully saturated rings. The molecule has 2 N–H and O–H groups in total. The zero-order chi connectivity index (χ0) is 26.7. The molecule has 200 valence electrons. The summed E-state index contributed by atoms with van der Waals surface area (Å²) in [6.07, 6.45) is -0.327. The lowest BCUT2D eigenvalue weighted by Gasteiger charge is -2.25. The number of carbonyl (C=O) groups excluding carboxylic acids is 1. The highest BCUT2D eigenvalue weighted by atomic mass is 35.5. The number of hydrogen-bond acceptors (Lipinski definition) is 10. The Morgan fingerprint density at radius 3 is 2.65 bits per heavy atom. The van der Waals surface area contributed by atoms with Gasteiger partial charge in [-0.15, -0.1) is 11.6 Å². The van der Waals surface area contributed by atoms with Crippen LogP contribution in [-0.2, 0) is 23.4 Å². The number of aliphatic hydroxyl groups is 1. The average Bonchev–Trinajstić information content (AvgIpc) is 3.32. The van der Waals surface area contributed by atoms with Gasteiger partial charge in [-0.25, -0.2) is 19.5 Å². The van der Waals surface area contributed by atoms with Crippen LogP contribution in [0.25, 0.3) is 11.3 Å². The highest BCUT2D eigenvalue weighted by Gasteiger charge is 2.46. The second kappa shape index (κ2) is 11.4. The van der Waals surface area contributed by atoms with Crippen LogP contribution in [0.15, 0.2) is 42.7 Å². The van der Waals surface area contributed by atoms with E-state index in [0.717, 1.165) is 0 Å². The largest absolute Gasteiger partial charge is 0.462 e. The van der Waals surface area contributed by atoms with Crippen molar-refractivity contribution in [1.29, 1.82) is 0 Å². The molecule has 0 amide bonds. The van der Waals surface area contributed by atoms with Gasteiger partial charge in [0, 0.05) is 12.4 Å². The van der Waals surface area contributed by atoms with Gasteiger partial charge in [0.2, 0.25) is 0 Å². The number of benzene rings is 1. The van der Waals surface area contributed by atoms with E-state index in [0.29, 0.717) is 17.1 Å². The number of imidazole rings is 1. The first-order valence-electron chi connectivity index (χ1n) is 11.7. The van der Waals surface area contributed by atoms with Crippen LogP contribution in [0, 0.1) is 6.92 Å². The highest BCUT2D eigenvalue weighted by molar-refractivity contribution is 7.52. The quantitative estimate of drug-likeness (QED) is 0.217. The zero-order valence-corrected chi connectivity index (χ0v) is 22.4. The number of aliphatic hydroxyl groups excluding tert-OH is 1. The number of alkyl halides is 1. The van der Waals surface area contributed by atoms with E-state index in [4.69, 9.17) is 30.1 Å². The Morgan fingerprint density at radius 1 is 1.24 bits per heavy atom. The summed E-state index contributed by atoms with van der Waals surface area (Å²) in [6.45, 7) is 6.28. The fourth-order valence-corrected chi connectivity index (χ4v) is 5.63. The minimum atomic E-state index is -4.15. The molecule has 1 aromatic carbocycles.